The summed E-state index contributed by atoms with van der Waals surface area (Å²) in [7, 11) is 0. The predicted octanol–water partition coefficient (Wildman–Crippen LogP) is 5.10. The Kier molecular flexibility index (Phi) is 6.21. The summed E-state index contributed by atoms with van der Waals surface area (Å²) < 4.78 is 18.3. The Hall–Kier alpha value is -2.31. The molecule has 0 atom stereocenters. The van der Waals surface area contributed by atoms with Crippen molar-refractivity contribution in [3.8, 4) is 16.9 Å². The molecule has 0 unspecified atom stereocenters. The molecule has 1 aliphatic heterocycles. The molecule has 0 saturated carbocycles. The monoisotopic (exact) mass is 413 g/mol. The Morgan fingerprint density at radius 2 is 1.97 bits per heavy atom. The lowest BCUT2D eigenvalue weighted by Crippen LogP contribution is -2.36. The molecule has 1 aliphatic rings. The van der Waals surface area contributed by atoms with Crippen LogP contribution in [0.3, 0.4) is 0 Å². The number of nitrogens with zero attached hydrogens (tertiary/aromatic N) is 1. The van der Waals surface area contributed by atoms with Gasteiger partial charge in [0.15, 0.2) is 11.5 Å². The van der Waals surface area contributed by atoms with Crippen molar-refractivity contribution in [3.63, 3.8) is 0 Å². The Morgan fingerprint density at radius 3 is 2.72 bits per heavy atom. The number of hydrogen-bond donors (Lipinski definition) is 0. The molecule has 3 aromatic rings. The Labute approximate surface area is 174 Å². The highest BCUT2D eigenvalue weighted by molar-refractivity contribution is 7.17. The molecule has 3 heterocycles. The minimum atomic E-state index is 0.00838. The first-order valence-corrected chi connectivity index (χ1v) is 11.2. The minimum absolute atomic E-state index is 0.00838. The van der Waals surface area contributed by atoms with E-state index in [4.69, 9.17) is 13.9 Å². The van der Waals surface area contributed by atoms with E-state index in [2.05, 4.69) is 36.9 Å². The molecule has 29 heavy (non-hydrogen) atoms. The molecule has 154 valence electrons. The topological polar surface area (TPSA) is 51.9 Å². The quantitative estimate of drug-likeness (QED) is 0.539. The van der Waals surface area contributed by atoms with Crippen molar-refractivity contribution in [2.24, 2.45) is 0 Å². The fourth-order valence-corrected chi connectivity index (χ4v) is 4.53. The fourth-order valence-electron chi connectivity index (χ4n) is 3.61. The van der Waals surface area contributed by atoms with Crippen LogP contribution >= 0.6 is 11.3 Å². The molecule has 1 aromatic carbocycles. The summed E-state index contributed by atoms with van der Waals surface area (Å²) in [5.74, 6) is 1.55. The fraction of sp³-hybridized carbons (Fsp3) is 0.435. The number of morpholine rings is 1. The predicted molar refractivity (Wildman–Crippen MR) is 119 cm³/mol. The SMILES string of the molecule is CCCOc1cc(-c2csc3c(=O)cc(N4CCOCC4)oc23)ccc1CCC. The van der Waals surface area contributed by atoms with Crippen LogP contribution in [0.5, 0.6) is 5.75 Å². The van der Waals surface area contributed by atoms with Gasteiger partial charge in [-0.25, -0.2) is 0 Å². The van der Waals surface area contributed by atoms with Crippen LogP contribution in [0.15, 0.2) is 38.9 Å². The van der Waals surface area contributed by atoms with Gasteiger partial charge in [-0.15, -0.1) is 11.3 Å². The molecule has 6 heteroatoms. The zero-order chi connectivity index (χ0) is 20.2. The minimum Gasteiger partial charge on any atom is -0.493 e. The van der Waals surface area contributed by atoms with Gasteiger partial charge in [-0.3, -0.25) is 4.79 Å². The van der Waals surface area contributed by atoms with Crippen molar-refractivity contribution < 1.29 is 13.9 Å². The van der Waals surface area contributed by atoms with Crippen molar-refractivity contribution in [2.75, 3.05) is 37.8 Å². The number of ether oxygens (including phenoxy) is 2. The molecular weight excluding hydrogens is 386 g/mol. The number of thiophene rings is 1. The molecule has 0 aliphatic carbocycles. The lowest BCUT2D eigenvalue weighted by molar-refractivity contribution is 0.121. The molecule has 0 amide bonds. The van der Waals surface area contributed by atoms with Crippen molar-refractivity contribution in [1.82, 2.24) is 0 Å². The number of anilines is 1. The zero-order valence-corrected chi connectivity index (χ0v) is 17.8. The van der Waals surface area contributed by atoms with Crippen LogP contribution in [0.4, 0.5) is 5.88 Å². The molecule has 5 nitrogen and oxygen atoms in total. The molecule has 0 N–H and O–H groups in total. The first kappa shape index (κ1) is 20.0. The van der Waals surface area contributed by atoms with Gasteiger partial charge in [0.05, 0.1) is 19.8 Å². The number of aryl methyl sites for hydroxylation is 1. The van der Waals surface area contributed by atoms with Gasteiger partial charge >= 0.3 is 0 Å². The van der Waals surface area contributed by atoms with Crippen LogP contribution in [-0.4, -0.2) is 32.9 Å². The molecule has 4 rings (SSSR count). The van der Waals surface area contributed by atoms with E-state index in [0.29, 0.717) is 36.0 Å². The average molecular weight is 414 g/mol. The average Bonchev–Trinajstić information content (AvgIpc) is 3.18. The van der Waals surface area contributed by atoms with E-state index in [9.17, 15) is 4.79 Å². The second-order valence-electron chi connectivity index (χ2n) is 7.28. The summed E-state index contributed by atoms with van der Waals surface area (Å²) in [6.45, 7) is 7.73. The summed E-state index contributed by atoms with van der Waals surface area (Å²) in [5.41, 5.74) is 3.86. The van der Waals surface area contributed by atoms with Gasteiger partial charge < -0.3 is 18.8 Å². The maximum atomic E-state index is 12.7. The molecule has 0 spiro atoms. The maximum absolute atomic E-state index is 12.7. The van der Waals surface area contributed by atoms with Crippen LogP contribution in [-0.2, 0) is 11.2 Å². The molecular formula is C23H27NO4S. The van der Waals surface area contributed by atoms with E-state index in [0.717, 1.165) is 49.2 Å². The van der Waals surface area contributed by atoms with E-state index in [1.807, 2.05) is 5.38 Å². The molecule has 1 fully saturated rings. The summed E-state index contributed by atoms with van der Waals surface area (Å²) in [6, 6.07) is 7.93. The van der Waals surface area contributed by atoms with Gasteiger partial charge in [0, 0.05) is 30.1 Å². The van der Waals surface area contributed by atoms with Gasteiger partial charge in [0.1, 0.15) is 10.4 Å². The van der Waals surface area contributed by atoms with Crippen molar-refractivity contribution in [3.05, 3.63) is 45.4 Å². The first-order valence-electron chi connectivity index (χ1n) is 10.4. The van der Waals surface area contributed by atoms with E-state index in [1.165, 1.54) is 16.9 Å². The third kappa shape index (κ3) is 4.19. The second kappa shape index (κ2) is 9.01. The van der Waals surface area contributed by atoms with Gasteiger partial charge in [0.2, 0.25) is 5.43 Å². The second-order valence-corrected chi connectivity index (χ2v) is 8.16. The number of hydrogen-bond acceptors (Lipinski definition) is 6. The van der Waals surface area contributed by atoms with Crippen molar-refractivity contribution in [2.45, 2.75) is 33.1 Å². The van der Waals surface area contributed by atoms with Gasteiger partial charge in [-0.1, -0.05) is 32.4 Å². The Morgan fingerprint density at radius 1 is 1.14 bits per heavy atom. The highest BCUT2D eigenvalue weighted by Crippen LogP contribution is 2.37. The highest BCUT2D eigenvalue weighted by atomic mass is 32.1. The molecule has 0 bridgehead atoms. The highest BCUT2D eigenvalue weighted by Gasteiger charge is 2.19. The third-order valence-corrected chi connectivity index (χ3v) is 6.09. The summed E-state index contributed by atoms with van der Waals surface area (Å²) in [5, 5.41) is 2.01. The number of fused-ring (bicyclic) bond motifs is 1. The van der Waals surface area contributed by atoms with Crippen LogP contribution in [0.25, 0.3) is 21.4 Å². The van der Waals surface area contributed by atoms with E-state index < -0.39 is 0 Å². The summed E-state index contributed by atoms with van der Waals surface area (Å²) in [4.78, 5) is 14.8. The molecule has 1 saturated heterocycles. The Bertz CT molecular complexity index is 1030. The van der Waals surface area contributed by atoms with Crippen LogP contribution in [0.2, 0.25) is 0 Å². The van der Waals surface area contributed by atoms with Crippen LogP contribution in [0.1, 0.15) is 32.3 Å². The lowest BCUT2D eigenvalue weighted by atomic mass is 10.0. The Balaban J connectivity index is 1.77. The van der Waals surface area contributed by atoms with Crippen LogP contribution in [0, 0.1) is 0 Å². The standard InChI is InChI=1S/C23H27NO4S/c1-3-5-16-6-7-17(13-20(16)27-10-4-2)18-15-29-23-19(25)14-21(28-22(18)23)24-8-11-26-12-9-24/h6-7,13-15H,3-5,8-12H2,1-2H3. The number of rotatable bonds is 7. The smallest absolute Gasteiger partial charge is 0.204 e. The van der Waals surface area contributed by atoms with Crippen molar-refractivity contribution in [1.29, 1.82) is 0 Å². The third-order valence-electron chi connectivity index (χ3n) is 5.11. The first-order chi connectivity index (χ1) is 14.2. The molecule has 0 radical (unpaired) electrons. The van der Waals surface area contributed by atoms with E-state index in [1.54, 1.807) is 6.07 Å². The lowest BCUT2D eigenvalue weighted by Gasteiger charge is -2.27. The summed E-state index contributed by atoms with van der Waals surface area (Å²) >= 11 is 1.44. The molecule has 2 aromatic heterocycles. The largest absolute Gasteiger partial charge is 0.493 e. The van der Waals surface area contributed by atoms with Crippen LogP contribution < -0.4 is 15.1 Å². The van der Waals surface area contributed by atoms with Crippen molar-refractivity contribution >= 4 is 27.5 Å². The van der Waals surface area contributed by atoms with Gasteiger partial charge in [-0.2, -0.15) is 0 Å². The summed E-state index contributed by atoms with van der Waals surface area (Å²) in [6.07, 6.45) is 3.02. The zero-order valence-electron chi connectivity index (χ0n) is 17.0. The van der Waals surface area contributed by atoms with Gasteiger partial charge in [0.25, 0.3) is 0 Å². The van der Waals surface area contributed by atoms with Gasteiger partial charge in [-0.05, 0) is 30.0 Å². The van der Waals surface area contributed by atoms with E-state index in [-0.39, 0.29) is 5.43 Å². The number of benzene rings is 1. The van der Waals surface area contributed by atoms with E-state index >= 15 is 0 Å². The normalized spacial score (nSPS) is 14.5. The maximum Gasteiger partial charge on any atom is 0.204 e.